The first-order valence-electron chi connectivity index (χ1n) is 8.31. The summed E-state index contributed by atoms with van der Waals surface area (Å²) in [6.45, 7) is 4.37. The number of β-amino-alcohol motifs (C(OH)–C–C–N with tert-alkyl or cyclic N) is 1. The standard InChI is InChI=1S/C18H27NO2/c1-15-6-4-9-17(12-15)21-14-18(20)10-5-11-19(13-18)16-7-2-3-8-16/h4,6,9,12,16,20H,2-3,5,7-8,10-11,13-14H2,1H3. The summed E-state index contributed by atoms with van der Waals surface area (Å²) < 4.78 is 5.86. The van der Waals surface area contributed by atoms with Gasteiger partial charge in [0.15, 0.2) is 0 Å². The van der Waals surface area contributed by atoms with Crippen LogP contribution in [-0.4, -0.2) is 41.3 Å². The Balaban J connectivity index is 1.58. The molecule has 1 unspecified atom stereocenters. The summed E-state index contributed by atoms with van der Waals surface area (Å²) in [5, 5.41) is 10.9. The number of hydrogen-bond acceptors (Lipinski definition) is 3. The number of benzene rings is 1. The minimum Gasteiger partial charge on any atom is -0.491 e. The molecule has 3 rings (SSSR count). The molecular weight excluding hydrogens is 262 g/mol. The molecule has 3 heteroatoms. The Labute approximate surface area is 127 Å². The zero-order chi connectivity index (χ0) is 14.7. The summed E-state index contributed by atoms with van der Waals surface area (Å²) in [4.78, 5) is 2.50. The molecule has 1 aliphatic heterocycles. The minimum atomic E-state index is -0.690. The third-order valence-electron chi connectivity index (χ3n) is 4.92. The second-order valence-corrected chi connectivity index (χ2v) is 6.84. The predicted molar refractivity (Wildman–Crippen MR) is 84.7 cm³/mol. The number of likely N-dealkylation sites (tertiary alicyclic amines) is 1. The smallest absolute Gasteiger partial charge is 0.119 e. The molecule has 1 N–H and O–H groups in total. The Kier molecular flexibility index (Phi) is 4.51. The van der Waals surface area contributed by atoms with Gasteiger partial charge in [0.05, 0.1) is 0 Å². The Morgan fingerprint density at radius 3 is 2.86 bits per heavy atom. The Hall–Kier alpha value is -1.06. The van der Waals surface area contributed by atoms with Gasteiger partial charge in [-0.2, -0.15) is 0 Å². The van der Waals surface area contributed by atoms with E-state index in [1.165, 1.54) is 31.2 Å². The third kappa shape index (κ3) is 3.78. The van der Waals surface area contributed by atoms with Gasteiger partial charge in [0, 0.05) is 12.6 Å². The predicted octanol–water partition coefficient (Wildman–Crippen LogP) is 3.14. The molecule has 0 bridgehead atoms. The SMILES string of the molecule is Cc1cccc(OCC2(O)CCCN(C3CCCC3)C2)c1. The van der Waals surface area contributed by atoms with E-state index in [1.54, 1.807) is 0 Å². The lowest BCUT2D eigenvalue weighted by atomic mass is 9.92. The summed E-state index contributed by atoms with van der Waals surface area (Å²) in [5.41, 5.74) is 0.501. The summed E-state index contributed by atoms with van der Waals surface area (Å²) in [6.07, 6.45) is 7.22. The Morgan fingerprint density at radius 2 is 2.10 bits per heavy atom. The van der Waals surface area contributed by atoms with Crippen molar-refractivity contribution in [1.29, 1.82) is 0 Å². The lowest BCUT2D eigenvalue weighted by Gasteiger charge is -2.41. The number of hydrogen-bond donors (Lipinski definition) is 1. The maximum absolute atomic E-state index is 10.9. The first-order chi connectivity index (χ1) is 10.1. The number of nitrogens with zero attached hydrogens (tertiary/aromatic N) is 1. The highest BCUT2D eigenvalue weighted by atomic mass is 16.5. The van der Waals surface area contributed by atoms with Gasteiger partial charge in [-0.1, -0.05) is 25.0 Å². The van der Waals surface area contributed by atoms with Crippen molar-refractivity contribution >= 4 is 0 Å². The largest absolute Gasteiger partial charge is 0.491 e. The van der Waals surface area contributed by atoms with Crippen LogP contribution in [0, 0.1) is 6.92 Å². The average Bonchev–Trinajstić information content (AvgIpc) is 3.00. The Bertz CT molecular complexity index is 470. The molecule has 2 aliphatic rings. The van der Waals surface area contributed by atoms with E-state index in [9.17, 15) is 5.11 Å². The van der Waals surface area contributed by atoms with Crippen LogP contribution in [0.2, 0.25) is 0 Å². The number of aliphatic hydroxyl groups is 1. The summed E-state index contributed by atoms with van der Waals surface area (Å²) in [6, 6.07) is 8.75. The monoisotopic (exact) mass is 289 g/mol. The maximum atomic E-state index is 10.9. The average molecular weight is 289 g/mol. The van der Waals surface area contributed by atoms with Crippen LogP contribution in [-0.2, 0) is 0 Å². The second kappa shape index (κ2) is 6.37. The lowest BCUT2D eigenvalue weighted by molar-refractivity contribution is -0.0695. The molecule has 0 amide bonds. The van der Waals surface area contributed by atoms with E-state index >= 15 is 0 Å². The second-order valence-electron chi connectivity index (χ2n) is 6.84. The van der Waals surface area contributed by atoms with Gasteiger partial charge in [-0.3, -0.25) is 4.90 Å². The number of aryl methyl sites for hydroxylation is 1. The molecule has 1 aliphatic carbocycles. The molecule has 0 aromatic heterocycles. The van der Waals surface area contributed by atoms with Crippen molar-refractivity contribution in [3.63, 3.8) is 0 Å². The number of ether oxygens (including phenoxy) is 1. The van der Waals surface area contributed by atoms with Crippen molar-refractivity contribution in [2.24, 2.45) is 0 Å². The molecule has 1 aromatic rings. The first-order valence-corrected chi connectivity index (χ1v) is 8.31. The topological polar surface area (TPSA) is 32.7 Å². The van der Waals surface area contributed by atoms with Gasteiger partial charge in [0.2, 0.25) is 0 Å². The summed E-state index contributed by atoms with van der Waals surface area (Å²) >= 11 is 0. The molecule has 1 saturated heterocycles. The summed E-state index contributed by atoms with van der Waals surface area (Å²) in [7, 11) is 0. The van der Waals surface area contributed by atoms with E-state index in [4.69, 9.17) is 4.74 Å². The molecule has 1 aromatic carbocycles. The fraction of sp³-hybridized carbons (Fsp3) is 0.667. The highest BCUT2D eigenvalue weighted by Crippen LogP contribution is 2.30. The normalized spacial score (nSPS) is 27.9. The zero-order valence-electron chi connectivity index (χ0n) is 13.1. The van der Waals surface area contributed by atoms with Gasteiger partial charge >= 0.3 is 0 Å². The quantitative estimate of drug-likeness (QED) is 0.924. The lowest BCUT2D eigenvalue weighted by Crippen LogP contribution is -2.54. The number of rotatable bonds is 4. The molecule has 1 atom stereocenters. The van der Waals surface area contributed by atoms with E-state index in [0.717, 1.165) is 31.7 Å². The van der Waals surface area contributed by atoms with E-state index in [0.29, 0.717) is 12.6 Å². The molecule has 21 heavy (non-hydrogen) atoms. The van der Waals surface area contributed by atoms with E-state index in [2.05, 4.69) is 17.9 Å². The fourth-order valence-corrected chi connectivity index (χ4v) is 3.77. The highest BCUT2D eigenvalue weighted by Gasteiger charge is 2.37. The van der Waals surface area contributed by atoms with Crippen molar-refractivity contribution < 1.29 is 9.84 Å². The number of piperidine rings is 1. The molecule has 116 valence electrons. The van der Waals surface area contributed by atoms with Crippen molar-refractivity contribution in [3.8, 4) is 5.75 Å². The molecular formula is C18H27NO2. The minimum absolute atomic E-state index is 0.402. The third-order valence-corrected chi connectivity index (χ3v) is 4.92. The van der Waals surface area contributed by atoms with Gasteiger partial charge in [0.25, 0.3) is 0 Å². The van der Waals surface area contributed by atoms with Crippen LogP contribution in [0.4, 0.5) is 0 Å². The fourth-order valence-electron chi connectivity index (χ4n) is 3.77. The molecule has 1 heterocycles. The van der Waals surface area contributed by atoms with Gasteiger partial charge in [-0.15, -0.1) is 0 Å². The van der Waals surface area contributed by atoms with Gasteiger partial charge in [-0.05, 0) is 56.8 Å². The van der Waals surface area contributed by atoms with Gasteiger partial charge in [-0.25, -0.2) is 0 Å². The molecule has 0 spiro atoms. The first kappa shape index (κ1) is 14.9. The van der Waals surface area contributed by atoms with E-state index < -0.39 is 5.60 Å². The zero-order valence-corrected chi connectivity index (χ0v) is 13.1. The van der Waals surface area contributed by atoms with Crippen molar-refractivity contribution in [2.45, 2.75) is 57.1 Å². The molecule has 1 saturated carbocycles. The van der Waals surface area contributed by atoms with E-state index in [1.807, 2.05) is 18.2 Å². The van der Waals surface area contributed by atoms with Crippen LogP contribution in [0.15, 0.2) is 24.3 Å². The van der Waals surface area contributed by atoms with Crippen LogP contribution >= 0.6 is 0 Å². The molecule has 2 fully saturated rings. The van der Waals surface area contributed by atoms with Crippen LogP contribution < -0.4 is 4.74 Å². The van der Waals surface area contributed by atoms with E-state index in [-0.39, 0.29) is 0 Å². The molecule has 3 nitrogen and oxygen atoms in total. The Morgan fingerprint density at radius 1 is 1.29 bits per heavy atom. The summed E-state index contributed by atoms with van der Waals surface area (Å²) in [5.74, 6) is 0.862. The van der Waals surface area contributed by atoms with Crippen molar-refractivity contribution in [2.75, 3.05) is 19.7 Å². The van der Waals surface area contributed by atoms with Crippen LogP contribution in [0.3, 0.4) is 0 Å². The van der Waals surface area contributed by atoms with Crippen LogP contribution in [0.1, 0.15) is 44.1 Å². The van der Waals surface area contributed by atoms with Crippen LogP contribution in [0.5, 0.6) is 5.75 Å². The van der Waals surface area contributed by atoms with Gasteiger partial charge < -0.3 is 9.84 Å². The molecule has 0 radical (unpaired) electrons. The highest BCUT2D eigenvalue weighted by molar-refractivity contribution is 5.27. The van der Waals surface area contributed by atoms with Crippen molar-refractivity contribution in [3.05, 3.63) is 29.8 Å². The van der Waals surface area contributed by atoms with Gasteiger partial charge in [0.1, 0.15) is 18.0 Å². The maximum Gasteiger partial charge on any atom is 0.119 e. The van der Waals surface area contributed by atoms with Crippen LogP contribution in [0.25, 0.3) is 0 Å². The van der Waals surface area contributed by atoms with Crippen molar-refractivity contribution in [1.82, 2.24) is 4.90 Å².